The predicted molar refractivity (Wildman–Crippen MR) is 105 cm³/mol. The van der Waals surface area contributed by atoms with Crippen molar-refractivity contribution < 1.29 is 19.1 Å². The third-order valence-electron chi connectivity index (χ3n) is 6.33. The van der Waals surface area contributed by atoms with Gasteiger partial charge in [-0.3, -0.25) is 9.59 Å². The van der Waals surface area contributed by atoms with E-state index in [2.05, 4.69) is 19.1 Å². The van der Waals surface area contributed by atoms with E-state index in [0.29, 0.717) is 32.6 Å². The van der Waals surface area contributed by atoms with Crippen molar-refractivity contribution >= 4 is 11.8 Å². The van der Waals surface area contributed by atoms with E-state index in [1.165, 1.54) is 5.56 Å². The summed E-state index contributed by atoms with van der Waals surface area (Å²) < 4.78 is 11.7. The van der Waals surface area contributed by atoms with Gasteiger partial charge < -0.3 is 19.3 Å². The summed E-state index contributed by atoms with van der Waals surface area (Å²) in [6, 6.07) is 6.13. The Balaban J connectivity index is 1.34. The zero-order valence-corrected chi connectivity index (χ0v) is 16.9. The molecule has 2 atom stereocenters. The molecule has 6 nitrogen and oxygen atoms in total. The van der Waals surface area contributed by atoms with Gasteiger partial charge in [-0.25, -0.2) is 0 Å². The SMILES string of the molecule is CCOc1ccc(CCCC(=O)N2CC[C@@]34OCCCN3C(=O)C[C@@H]24)cc1C. The topological polar surface area (TPSA) is 59.1 Å². The van der Waals surface area contributed by atoms with E-state index in [9.17, 15) is 9.59 Å². The molecule has 2 amide bonds. The van der Waals surface area contributed by atoms with Crippen molar-refractivity contribution in [1.82, 2.24) is 9.80 Å². The summed E-state index contributed by atoms with van der Waals surface area (Å²) in [5.41, 5.74) is 1.81. The summed E-state index contributed by atoms with van der Waals surface area (Å²) in [4.78, 5) is 29.1. The lowest BCUT2D eigenvalue weighted by Crippen LogP contribution is -2.56. The molecule has 6 heteroatoms. The Morgan fingerprint density at radius 3 is 3.00 bits per heavy atom. The zero-order chi connectivity index (χ0) is 19.7. The van der Waals surface area contributed by atoms with Gasteiger partial charge in [-0.05, 0) is 50.3 Å². The first-order valence-corrected chi connectivity index (χ1v) is 10.5. The summed E-state index contributed by atoms with van der Waals surface area (Å²) in [5.74, 6) is 1.20. The summed E-state index contributed by atoms with van der Waals surface area (Å²) in [7, 11) is 0. The van der Waals surface area contributed by atoms with Crippen molar-refractivity contribution in [2.24, 2.45) is 0 Å². The fourth-order valence-electron chi connectivity index (χ4n) is 5.02. The van der Waals surface area contributed by atoms with Crippen LogP contribution >= 0.6 is 0 Å². The number of benzene rings is 1. The largest absolute Gasteiger partial charge is 0.494 e. The second-order valence-corrected chi connectivity index (χ2v) is 8.04. The molecule has 4 rings (SSSR count). The molecule has 1 aromatic carbocycles. The second kappa shape index (κ2) is 7.74. The minimum absolute atomic E-state index is 0.111. The molecule has 0 unspecified atom stereocenters. The lowest BCUT2D eigenvalue weighted by Gasteiger charge is -2.42. The smallest absolute Gasteiger partial charge is 0.227 e. The van der Waals surface area contributed by atoms with Crippen LogP contribution in [0.2, 0.25) is 0 Å². The molecule has 28 heavy (non-hydrogen) atoms. The number of ether oxygens (including phenoxy) is 2. The van der Waals surface area contributed by atoms with Crippen molar-refractivity contribution in [2.75, 3.05) is 26.3 Å². The van der Waals surface area contributed by atoms with Crippen molar-refractivity contribution in [2.45, 2.75) is 64.1 Å². The molecule has 3 heterocycles. The number of hydrogen-bond acceptors (Lipinski definition) is 4. The minimum Gasteiger partial charge on any atom is -0.494 e. The molecule has 0 saturated carbocycles. The van der Waals surface area contributed by atoms with E-state index in [1.54, 1.807) is 0 Å². The van der Waals surface area contributed by atoms with Crippen LogP contribution in [0.25, 0.3) is 0 Å². The van der Waals surface area contributed by atoms with Crippen LogP contribution in [0.4, 0.5) is 0 Å². The summed E-state index contributed by atoms with van der Waals surface area (Å²) in [5, 5.41) is 0. The van der Waals surface area contributed by atoms with Crippen LogP contribution in [0.5, 0.6) is 5.75 Å². The van der Waals surface area contributed by atoms with Gasteiger partial charge >= 0.3 is 0 Å². The van der Waals surface area contributed by atoms with Crippen LogP contribution < -0.4 is 4.74 Å². The molecule has 1 spiro atoms. The third-order valence-corrected chi connectivity index (χ3v) is 6.33. The van der Waals surface area contributed by atoms with Gasteiger partial charge in [-0.1, -0.05) is 12.1 Å². The molecular weight excluding hydrogens is 356 g/mol. The van der Waals surface area contributed by atoms with Gasteiger partial charge in [-0.2, -0.15) is 0 Å². The first-order chi connectivity index (χ1) is 13.5. The molecule has 0 N–H and O–H groups in total. The maximum atomic E-state index is 12.9. The highest BCUT2D eigenvalue weighted by atomic mass is 16.5. The van der Waals surface area contributed by atoms with Gasteiger partial charge in [0.1, 0.15) is 5.75 Å². The highest BCUT2D eigenvalue weighted by Gasteiger charge is 2.61. The molecule has 3 aliphatic heterocycles. The number of likely N-dealkylation sites (tertiary alicyclic amines) is 1. The van der Waals surface area contributed by atoms with E-state index in [0.717, 1.165) is 43.5 Å². The quantitative estimate of drug-likeness (QED) is 0.754. The number of amides is 2. The zero-order valence-electron chi connectivity index (χ0n) is 16.9. The Hall–Kier alpha value is -2.08. The number of rotatable bonds is 6. The lowest BCUT2D eigenvalue weighted by molar-refractivity contribution is -0.181. The van der Waals surface area contributed by atoms with Crippen LogP contribution in [0.15, 0.2) is 18.2 Å². The normalized spacial score (nSPS) is 26.4. The first-order valence-electron chi connectivity index (χ1n) is 10.5. The lowest BCUT2D eigenvalue weighted by atomic mass is 10.0. The molecule has 152 valence electrons. The molecule has 1 aromatic rings. The van der Waals surface area contributed by atoms with Gasteiger partial charge in [0.25, 0.3) is 0 Å². The Morgan fingerprint density at radius 1 is 1.36 bits per heavy atom. The van der Waals surface area contributed by atoms with Gasteiger partial charge in [0.15, 0.2) is 5.72 Å². The van der Waals surface area contributed by atoms with Crippen molar-refractivity contribution in [3.8, 4) is 5.75 Å². The maximum absolute atomic E-state index is 12.9. The van der Waals surface area contributed by atoms with Gasteiger partial charge in [0, 0.05) is 25.9 Å². The van der Waals surface area contributed by atoms with Crippen molar-refractivity contribution in [1.29, 1.82) is 0 Å². The second-order valence-electron chi connectivity index (χ2n) is 8.04. The number of hydrogen-bond donors (Lipinski definition) is 0. The standard InChI is InChI=1S/C22H30N2O4/c1-3-27-18-9-8-17(14-16(18)2)6-4-7-20(25)23-12-10-22-19(23)15-21(26)24(22)11-5-13-28-22/h8-9,14,19H,3-7,10-13,15H2,1-2H3/t19-,22+/m1/s1. The highest BCUT2D eigenvalue weighted by molar-refractivity contribution is 5.84. The Bertz CT molecular complexity index is 765. The Labute approximate surface area is 166 Å². The molecular formula is C22H30N2O4. The fourth-order valence-corrected chi connectivity index (χ4v) is 5.02. The fraction of sp³-hybridized carbons (Fsp3) is 0.636. The number of carbonyl (C=O) groups is 2. The van der Waals surface area contributed by atoms with E-state index >= 15 is 0 Å². The number of nitrogens with zero attached hydrogens (tertiary/aromatic N) is 2. The van der Waals surface area contributed by atoms with Gasteiger partial charge in [0.05, 0.1) is 25.7 Å². The average Bonchev–Trinajstić information content (AvgIpc) is 3.16. The van der Waals surface area contributed by atoms with Crippen LogP contribution in [0.3, 0.4) is 0 Å². The molecule has 0 aliphatic carbocycles. The predicted octanol–water partition coefficient (Wildman–Crippen LogP) is 2.67. The monoisotopic (exact) mass is 386 g/mol. The molecule has 3 saturated heterocycles. The van der Waals surface area contributed by atoms with E-state index in [-0.39, 0.29) is 17.9 Å². The van der Waals surface area contributed by atoms with Crippen LogP contribution in [0, 0.1) is 6.92 Å². The maximum Gasteiger partial charge on any atom is 0.227 e. The van der Waals surface area contributed by atoms with E-state index in [4.69, 9.17) is 9.47 Å². The molecule has 3 fully saturated rings. The number of carbonyl (C=O) groups excluding carboxylic acids is 2. The average molecular weight is 386 g/mol. The Kier molecular flexibility index (Phi) is 5.32. The molecule has 0 aromatic heterocycles. The Morgan fingerprint density at radius 2 is 2.21 bits per heavy atom. The summed E-state index contributed by atoms with van der Waals surface area (Å²) in [6.45, 7) is 6.83. The van der Waals surface area contributed by atoms with E-state index < -0.39 is 5.72 Å². The van der Waals surface area contributed by atoms with Crippen molar-refractivity contribution in [3.63, 3.8) is 0 Å². The molecule has 3 aliphatic rings. The summed E-state index contributed by atoms with van der Waals surface area (Å²) >= 11 is 0. The van der Waals surface area contributed by atoms with Gasteiger partial charge in [0.2, 0.25) is 11.8 Å². The number of aryl methyl sites for hydroxylation is 2. The summed E-state index contributed by atoms with van der Waals surface area (Å²) in [6.07, 6.45) is 4.21. The van der Waals surface area contributed by atoms with Crippen molar-refractivity contribution in [3.05, 3.63) is 29.3 Å². The highest BCUT2D eigenvalue weighted by Crippen LogP contribution is 2.45. The van der Waals surface area contributed by atoms with Crippen LogP contribution in [-0.4, -0.2) is 59.7 Å². The van der Waals surface area contributed by atoms with Gasteiger partial charge in [-0.15, -0.1) is 0 Å². The molecule has 0 bridgehead atoms. The van der Waals surface area contributed by atoms with E-state index in [1.807, 2.05) is 22.8 Å². The first kappa shape index (κ1) is 19.2. The third kappa shape index (κ3) is 3.28. The molecule has 0 radical (unpaired) electrons. The van der Waals surface area contributed by atoms with Crippen LogP contribution in [-0.2, 0) is 20.7 Å². The minimum atomic E-state index is -0.544. The van der Waals surface area contributed by atoms with Crippen LogP contribution in [0.1, 0.15) is 50.2 Å².